The van der Waals surface area contributed by atoms with Crippen LogP contribution < -0.4 is 0 Å². The van der Waals surface area contributed by atoms with Gasteiger partial charge in [0.05, 0.1) is 11.1 Å². The molecule has 7 nitrogen and oxygen atoms in total. The van der Waals surface area contributed by atoms with Gasteiger partial charge < -0.3 is 10.2 Å². The number of carboxylic acid groups (broad SMARTS) is 2. The lowest BCUT2D eigenvalue weighted by Crippen LogP contribution is -2.42. The molecule has 1 saturated carbocycles. The van der Waals surface area contributed by atoms with Crippen LogP contribution in [0.1, 0.15) is 50.8 Å². The van der Waals surface area contributed by atoms with Crippen molar-refractivity contribution in [2.75, 3.05) is 0 Å². The predicted octanol–water partition coefficient (Wildman–Crippen LogP) is 6.12. The maximum atomic E-state index is 13.3. The molecule has 36 heavy (non-hydrogen) atoms. The summed E-state index contributed by atoms with van der Waals surface area (Å²) < 4.78 is 0. The Hall–Kier alpha value is -3.97. The zero-order valence-corrected chi connectivity index (χ0v) is 20.2. The second kappa shape index (κ2) is 10.3. The van der Waals surface area contributed by atoms with Crippen molar-refractivity contribution in [2.24, 2.45) is 11.8 Å². The Bertz CT molecular complexity index is 1300. The Morgan fingerprint density at radius 1 is 0.833 bits per heavy atom. The largest absolute Gasteiger partial charge is 0.503 e. The van der Waals surface area contributed by atoms with Crippen LogP contribution in [0.25, 0.3) is 11.1 Å². The first-order valence-electron chi connectivity index (χ1n) is 11.5. The summed E-state index contributed by atoms with van der Waals surface area (Å²) in [7, 11) is 0. The van der Waals surface area contributed by atoms with E-state index in [1.165, 1.54) is 4.90 Å². The summed E-state index contributed by atoms with van der Waals surface area (Å²) in [5.74, 6) is -0.754. The van der Waals surface area contributed by atoms with E-state index in [0.29, 0.717) is 34.6 Å². The minimum Gasteiger partial charge on any atom is -0.450 e. The van der Waals surface area contributed by atoms with Gasteiger partial charge in [-0.15, -0.1) is 0 Å². The quantitative estimate of drug-likeness (QED) is 0.326. The van der Waals surface area contributed by atoms with E-state index in [1.807, 2.05) is 55.5 Å². The lowest BCUT2D eigenvalue weighted by molar-refractivity contribution is 0.0535. The van der Waals surface area contributed by atoms with Gasteiger partial charge in [-0.25, -0.2) is 4.79 Å². The van der Waals surface area contributed by atoms with Crippen LogP contribution in [0.5, 0.6) is 0 Å². The molecule has 1 aliphatic heterocycles. The molecule has 0 spiro atoms. The van der Waals surface area contributed by atoms with E-state index in [2.05, 4.69) is 0 Å². The highest BCUT2D eigenvalue weighted by molar-refractivity contribution is 6.30. The van der Waals surface area contributed by atoms with E-state index >= 15 is 0 Å². The number of Topliss-reactive ketones (excluding diaryl/α,β-unsaturated/α-hetero) is 1. The third kappa shape index (κ3) is 4.88. The van der Waals surface area contributed by atoms with E-state index < -0.39 is 6.16 Å². The predicted molar refractivity (Wildman–Crippen MR) is 134 cm³/mol. The average molecular weight is 506 g/mol. The number of imide groups is 1. The fraction of sp³-hybridized carbons (Fsp3) is 0.214. The number of hydrogen-bond acceptors (Lipinski definition) is 4. The Morgan fingerprint density at radius 2 is 1.42 bits per heavy atom. The summed E-state index contributed by atoms with van der Waals surface area (Å²) in [6.45, 7) is 1.98. The minimum absolute atomic E-state index is 0.0641. The highest BCUT2D eigenvalue weighted by atomic mass is 35.5. The Kier molecular flexibility index (Phi) is 7.22. The van der Waals surface area contributed by atoms with Gasteiger partial charge in [0, 0.05) is 22.5 Å². The first-order valence-corrected chi connectivity index (χ1v) is 11.9. The van der Waals surface area contributed by atoms with Crippen LogP contribution in [0.15, 0.2) is 72.8 Å². The van der Waals surface area contributed by atoms with Crippen molar-refractivity contribution >= 4 is 35.4 Å². The third-order valence-electron chi connectivity index (χ3n) is 6.84. The maximum absolute atomic E-state index is 13.3. The molecule has 0 aromatic heterocycles. The van der Waals surface area contributed by atoms with E-state index in [1.54, 1.807) is 24.3 Å². The van der Waals surface area contributed by atoms with Crippen LogP contribution in [0.2, 0.25) is 5.02 Å². The van der Waals surface area contributed by atoms with Gasteiger partial charge in [-0.05, 0) is 54.2 Å². The van der Waals surface area contributed by atoms with Crippen LogP contribution in [0.4, 0.5) is 4.79 Å². The molecule has 0 radical (unpaired) electrons. The summed E-state index contributed by atoms with van der Waals surface area (Å²) in [5.41, 5.74) is 3.55. The average Bonchev–Trinajstić information content (AvgIpc) is 3.35. The Labute approximate surface area is 212 Å². The zero-order chi connectivity index (χ0) is 26.0. The molecule has 3 atom stereocenters. The van der Waals surface area contributed by atoms with Crippen molar-refractivity contribution < 1.29 is 29.4 Å². The van der Waals surface area contributed by atoms with Crippen molar-refractivity contribution in [2.45, 2.75) is 25.8 Å². The third-order valence-corrected chi connectivity index (χ3v) is 7.07. The van der Waals surface area contributed by atoms with Gasteiger partial charge in [0.25, 0.3) is 11.8 Å². The van der Waals surface area contributed by atoms with Gasteiger partial charge in [0.1, 0.15) is 0 Å². The molecule has 0 unspecified atom stereocenters. The summed E-state index contributed by atoms with van der Waals surface area (Å²) >= 11 is 6.09. The molecule has 5 rings (SSSR count). The molecule has 1 fully saturated rings. The van der Waals surface area contributed by atoms with Crippen LogP contribution >= 0.6 is 11.6 Å². The molecule has 184 valence electrons. The van der Waals surface area contributed by atoms with Gasteiger partial charge in [0.15, 0.2) is 5.78 Å². The number of carbonyl (C=O) groups excluding carboxylic acids is 3. The molecule has 1 aliphatic carbocycles. The number of fused-ring (bicyclic) bond motifs is 1. The second-order valence-electron chi connectivity index (χ2n) is 8.87. The number of ketones is 1. The Balaban J connectivity index is 0.000000709. The fourth-order valence-electron chi connectivity index (χ4n) is 5.10. The van der Waals surface area contributed by atoms with Gasteiger partial charge in [0.2, 0.25) is 0 Å². The van der Waals surface area contributed by atoms with Crippen molar-refractivity contribution in [3.63, 3.8) is 0 Å². The monoisotopic (exact) mass is 505 g/mol. The van der Waals surface area contributed by atoms with Gasteiger partial charge in [-0.3, -0.25) is 19.3 Å². The van der Waals surface area contributed by atoms with Crippen molar-refractivity contribution in [1.29, 1.82) is 0 Å². The van der Waals surface area contributed by atoms with Crippen LogP contribution in [0, 0.1) is 11.8 Å². The number of hydrogen-bond donors (Lipinski definition) is 2. The standard InChI is InChI=1S/C27H22ClNO3.CH2O3/c1-16-21(13-14-24(16)29-26(31)22-7-2-3-8-23(22)27(29)32)25(30)18-11-9-17(10-12-18)19-5-4-6-20(28)15-19;2-1(3)4/h2-12,15-16,21,24H,13-14H2,1H3;(H2,2,3,4)/t16-,21-,24+;/m1./s1. The molecule has 3 aromatic rings. The normalized spacial score (nSPS) is 20.5. The molecule has 2 N–H and O–H groups in total. The van der Waals surface area contributed by atoms with E-state index in [9.17, 15) is 14.4 Å². The lowest BCUT2D eigenvalue weighted by Gasteiger charge is -2.27. The SMILES string of the molecule is C[C@@H]1[C@H](C(=O)c2ccc(-c3cccc(Cl)c3)cc2)CC[C@@H]1N1C(=O)c2ccccc2C1=O.O=C(O)O. The highest BCUT2D eigenvalue weighted by Gasteiger charge is 2.47. The summed E-state index contributed by atoms with van der Waals surface area (Å²) in [6, 6.07) is 21.8. The molecule has 3 aromatic carbocycles. The molecule has 2 aliphatic rings. The number of carbonyl (C=O) groups is 4. The maximum Gasteiger partial charge on any atom is 0.503 e. The van der Waals surface area contributed by atoms with Crippen molar-refractivity contribution in [1.82, 2.24) is 4.90 Å². The second-order valence-corrected chi connectivity index (χ2v) is 9.31. The summed E-state index contributed by atoms with van der Waals surface area (Å²) in [6.07, 6.45) is -0.530. The van der Waals surface area contributed by atoms with E-state index in [0.717, 1.165) is 11.1 Å². The minimum atomic E-state index is -1.83. The molecule has 1 heterocycles. The summed E-state index contributed by atoms with van der Waals surface area (Å²) in [4.78, 5) is 49.0. The highest BCUT2D eigenvalue weighted by Crippen LogP contribution is 2.40. The van der Waals surface area contributed by atoms with E-state index in [4.69, 9.17) is 26.6 Å². The molecular weight excluding hydrogens is 482 g/mol. The smallest absolute Gasteiger partial charge is 0.450 e. The molecule has 2 amide bonds. The molecule has 0 saturated heterocycles. The van der Waals surface area contributed by atoms with Gasteiger partial charge in [-0.1, -0.05) is 67.1 Å². The van der Waals surface area contributed by atoms with Gasteiger partial charge >= 0.3 is 6.16 Å². The number of benzene rings is 3. The zero-order valence-electron chi connectivity index (χ0n) is 19.4. The van der Waals surface area contributed by atoms with Gasteiger partial charge in [-0.2, -0.15) is 0 Å². The number of amides is 2. The fourth-order valence-corrected chi connectivity index (χ4v) is 5.29. The Morgan fingerprint density at radius 3 is 1.97 bits per heavy atom. The first kappa shape index (κ1) is 25.1. The molecule has 8 heteroatoms. The number of nitrogens with zero attached hydrogens (tertiary/aromatic N) is 1. The lowest BCUT2D eigenvalue weighted by atomic mass is 9.87. The van der Waals surface area contributed by atoms with Crippen molar-refractivity contribution in [3.8, 4) is 11.1 Å². The number of halogens is 1. The topological polar surface area (TPSA) is 112 Å². The summed E-state index contributed by atoms with van der Waals surface area (Å²) in [5, 5.41) is 14.6. The molecular formula is C28H24ClNO6. The van der Waals surface area contributed by atoms with Crippen LogP contribution in [-0.2, 0) is 0 Å². The van der Waals surface area contributed by atoms with Crippen molar-refractivity contribution in [3.05, 3.63) is 94.5 Å². The first-order chi connectivity index (χ1) is 17.2. The van der Waals surface area contributed by atoms with Crippen LogP contribution in [0.3, 0.4) is 0 Å². The number of rotatable bonds is 4. The molecule has 0 bridgehead atoms. The van der Waals surface area contributed by atoms with Crippen LogP contribution in [-0.4, -0.2) is 44.9 Å². The van der Waals surface area contributed by atoms with E-state index in [-0.39, 0.29) is 35.5 Å².